The molecule has 0 aromatic carbocycles. The van der Waals surface area contributed by atoms with Crippen molar-refractivity contribution in [1.29, 1.82) is 0 Å². The lowest BCUT2D eigenvalue weighted by Crippen LogP contribution is -2.42. The number of carbonyl (C=O) groups excluding carboxylic acids is 1. The Bertz CT molecular complexity index is 382. The van der Waals surface area contributed by atoms with Gasteiger partial charge in [-0.15, -0.1) is 0 Å². The highest BCUT2D eigenvalue weighted by molar-refractivity contribution is 5.78. The Morgan fingerprint density at radius 2 is 2.40 bits per heavy atom. The molecule has 1 unspecified atom stereocenters. The summed E-state index contributed by atoms with van der Waals surface area (Å²) < 4.78 is 9.81. The first kappa shape index (κ1) is 10.2. The number of aryl methyl sites for hydroxylation is 1. The molecule has 1 aromatic heterocycles. The van der Waals surface area contributed by atoms with Crippen molar-refractivity contribution in [2.24, 2.45) is 5.73 Å². The Hall–Kier alpha value is -1.36. The highest BCUT2D eigenvalue weighted by Crippen LogP contribution is 2.50. The molecule has 0 saturated heterocycles. The number of nitrogens with two attached hydrogens (primary N) is 1. The molecule has 1 fully saturated rings. The van der Waals surface area contributed by atoms with Crippen molar-refractivity contribution < 1.29 is 14.1 Å². The summed E-state index contributed by atoms with van der Waals surface area (Å²) in [6, 6.07) is 1.17. The van der Waals surface area contributed by atoms with Crippen molar-refractivity contribution in [2.75, 3.05) is 7.11 Å². The van der Waals surface area contributed by atoms with E-state index in [1.54, 1.807) is 0 Å². The molecule has 1 aliphatic carbocycles. The van der Waals surface area contributed by atoms with E-state index in [0.717, 1.165) is 18.5 Å². The minimum Gasteiger partial charge on any atom is -0.468 e. The summed E-state index contributed by atoms with van der Waals surface area (Å²) >= 11 is 0. The zero-order valence-corrected chi connectivity index (χ0v) is 8.82. The predicted octanol–water partition coefficient (Wildman–Crippen LogP) is 0.515. The third-order valence-electron chi connectivity index (χ3n) is 2.96. The summed E-state index contributed by atoms with van der Waals surface area (Å²) in [6.07, 6.45) is 1.69. The van der Waals surface area contributed by atoms with Gasteiger partial charge in [0.25, 0.3) is 0 Å². The Kier molecular flexibility index (Phi) is 2.26. The van der Waals surface area contributed by atoms with Gasteiger partial charge in [-0.05, 0) is 19.8 Å². The van der Waals surface area contributed by atoms with Crippen LogP contribution in [0.2, 0.25) is 0 Å². The molecular formula is C10H14N2O3. The Balaban J connectivity index is 2.24. The molecule has 1 atom stereocenters. The van der Waals surface area contributed by atoms with Gasteiger partial charge in [0, 0.05) is 6.07 Å². The van der Waals surface area contributed by atoms with E-state index >= 15 is 0 Å². The van der Waals surface area contributed by atoms with E-state index < -0.39 is 12.0 Å². The topological polar surface area (TPSA) is 78.4 Å². The second-order valence-corrected chi connectivity index (χ2v) is 3.99. The third kappa shape index (κ3) is 1.52. The number of nitrogens with zero attached hydrogens (tertiary/aromatic N) is 1. The molecule has 82 valence electrons. The number of ether oxygens (including phenoxy) is 1. The second kappa shape index (κ2) is 3.34. The van der Waals surface area contributed by atoms with Gasteiger partial charge in [-0.3, -0.25) is 4.79 Å². The van der Waals surface area contributed by atoms with Crippen molar-refractivity contribution >= 4 is 5.97 Å². The van der Waals surface area contributed by atoms with Crippen LogP contribution in [-0.2, 0) is 14.9 Å². The van der Waals surface area contributed by atoms with Crippen molar-refractivity contribution in [3.63, 3.8) is 0 Å². The minimum absolute atomic E-state index is 0.381. The van der Waals surface area contributed by atoms with E-state index in [4.69, 9.17) is 10.3 Å². The number of esters is 1. The maximum Gasteiger partial charge on any atom is 0.323 e. The Morgan fingerprint density at radius 1 is 1.73 bits per heavy atom. The quantitative estimate of drug-likeness (QED) is 0.735. The zero-order valence-electron chi connectivity index (χ0n) is 8.82. The van der Waals surface area contributed by atoms with Crippen molar-refractivity contribution in [2.45, 2.75) is 31.2 Å². The molecule has 0 bridgehead atoms. The molecule has 5 nitrogen and oxygen atoms in total. The fraction of sp³-hybridized carbons (Fsp3) is 0.600. The van der Waals surface area contributed by atoms with E-state index in [-0.39, 0.29) is 5.41 Å². The number of methoxy groups -OCH3 is 1. The van der Waals surface area contributed by atoms with Gasteiger partial charge < -0.3 is 15.0 Å². The molecule has 0 amide bonds. The molecule has 0 aliphatic heterocycles. The summed E-state index contributed by atoms with van der Waals surface area (Å²) in [5.74, 6) is 0.291. The van der Waals surface area contributed by atoms with E-state index in [1.165, 1.54) is 7.11 Å². The average Bonchev–Trinajstić information content (AvgIpc) is 2.94. The highest BCUT2D eigenvalue weighted by atomic mass is 16.5. The summed E-state index contributed by atoms with van der Waals surface area (Å²) in [5, 5.41) is 3.81. The van der Waals surface area contributed by atoms with Crippen LogP contribution in [0, 0.1) is 6.92 Å². The summed E-state index contributed by atoms with van der Waals surface area (Å²) in [4.78, 5) is 11.4. The van der Waals surface area contributed by atoms with Gasteiger partial charge in [-0.2, -0.15) is 0 Å². The molecule has 2 rings (SSSR count). The van der Waals surface area contributed by atoms with Crippen LogP contribution in [0.3, 0.4) is 0 Å². The van der Waals surface area contributed by atoms with Gasteiger partial charge in [0.1, 0.15) is 11.8 Å². The van der Waals surface area contributed by atoms with Crippen molar-refractivity contribution in [3.05, 3.63) is 17.5 Å². The third-order valence-corrected chi connectivity index (χ3v) is 2.96. The maximum absolute atomic E-state index is 11.4. The SMILES string of the molecule is COC(=O)C(N)C1(c2cc(C)no2)CC1. The number of rotatable bonds is 3. The lowest BCUT2D eigenvalue weighted by atomic mass is 9.94. The van der Waals surface area contributed by atoms with Crippen LogP contribution < -0.4 is 5.73 Å². The molecule has 2 N–H and O–H groups in total. The molecule has 0 spiro atoms. The van der Waals surface area contributed by atoms with Crippen LogP contribution in [0.15, 0.2) is 10.6 Å². The number of hydrogen-bond donors (Lipinski definition) is 1. The number of aromatic nitrogens is 1. The molecule has 0 radical (unpaired) electrons. The molecule has 5 heteroatoms. The zero-order chi connectivity index (χ0) is 11.1. The molecule has 15 heavy (non-hydrogen) atoms. The van der Waals surface area contributed by atoms with E-state index in [0.29, 0.717) is 5.76 Å². The fourth-order valence-electron chi connectivity index (χ4n) is 1.80. The minimum atomic E-state index is -0.658. The number of carbonyl (C=O) groups is 1. The predicted molar refractivity (Wildman–Crippen MR) is 52.1 cm³/mol. The van der Waals surface area contributed by atoms with E-state index in [2.05, 4.69) is 9.89 Å². The average molecular weight is 210 g/mol. The Morgan fingerprint density at radius 3 is 2.80 bits per heavy atom. The largest absolute Gasteiger partial charge is 0.468 e. The van der Waals surface area contributed by atoms with Crippen LogP contribution >= 0.6 is 0 Å². The van der Waals surface area contributed by atoms with Crippen molar-refractivity contribution in [3.8, 4) is 0 Å². The fourth-order valence-corrected chi connectivity index (χ4v) is 1.80. The van der Waals surface area contributed by atoms with Gasteiger partial charge in [0.15, 0.2) is 0 Å². The monoisotopic (exact) mass is 210 g/mol. The van der Waals surface area contributed by atoms with Gasteiger partial charge in [-0.25, -0.2) is 0 Å². The van der Waals surface area contributed by atoms with Gasteiger partial charge >= 0.3 is 5.97 Å². The number of hydrogen-bond acceptors (Lipinski definition) is 5. The summed E-state index contributed by atoms with van der Waals surface area (Å²) in [5.41, 5.74) is 6.27. The second-order valence-electron chi connectivity index (χ2n) is 3.99. The van der Waals surface area contributed by atoms with Gasteiger partial charge in [0.05, 0.1) is 18.2 Å². The van der Waals surface area contributed by atoms with Gasteiger partial charge in [0.2, 0.25) is 0 Å². The van der Waals surface area contributed by atoms with E-state index in [9.17, 15) is 4.79 Å². The lowest BCUT2D eigenvalue weighted by Gasteiger charge is -2.17. The van der Waals surface area contributed by atoms with E-state index in [1.807, 2.05) is 13.0 Å². The first-order chi connectivity index (χ1) is 7.10. The maximum atomic E-state index is 11.4. The van der Waals surface area contributed by atoms with Crippen molar-refractivity contribution in [1.82, 2.24) is 5.16 Å². The van der Waals surface area contributed by atoms with Crippen LogP contribution in [-0.4, -0.2) is 24.3 Å². The van der Waals surface area contributed by atoms with Crippen LogP contribution in [0.1, 0.15) is 24.3 Å². The smallest absolute Gasteiger partial charge is 0.323 e. The molecule has 1 aliphatic rings. The highest BCUT2D eigenvalue weighted by Gasteiger charge is 2.55. The first-order valence-corrected chi connectivity index (χ1v) is 4.87. The van der Waals surface area contributed by atoms with Crippen LogP contribution in [0.4, 0.5) is 0 Å². The lowest BCUT2D eigenvalue weighted by molar-refractivity contribution is -0.143. The molecular weight excluding hydrogens is 196 g/mol. The molecule has 1 aromatic rings. The summed E-state index contributed by atoms with van der Waals surface area (Å²) in [6.45, 7) is 1.84. The van der Waals surface area contributed by atoms with Gasteiger partial charge in [-0.1, -0.05) is 5.16 Å². The molecule has 1 heterocycles. The first-order valence-electron chi connectivity index (χ1n) is 4.87. The Labute approximate surface area is 87.6 Å². The van der Waals surface area contributed by atoms with Crippen LogP contribution in [0.25, 0.3) is 0 Å². The normalized spacial score (nSPS) is 19.7. The summed E-state index contributed by atoms with van der Waals surface area (Å²) in [7, 11) is 1.34. The standard InChI is InChI=1S/C10H14N2O3/c1-6-5-7(15-12-6)10(3-4-10)8(11)9(13)14-2/h5,8H,3-4,11H2,1-2H3. The molecule has 1 saturated carbocycles. The van der Waals surface area contributed by atoms with Crippen LogP contribution in [0.5, 0.6) is 0 Å².